The van der Waals surface area contributed by atoms with Gasteiger partial charge in [-0.2, -0.15) is 0 Å². The van der Waals surface area contributed by atoms with Gasteiger partial charge in [-0.1, -0.05) is 20.3 Å². The largest absolute Gasteiger partial charge is 0.377 e. The summed E-state index contributed by atoms with van der Waals surface area (Å²) in [6.07, 6.45) is 8.07. The van der Waals surface area contributed by atoms with Crippen molar-refractivity contribution in [2.24, 2.45) is 11.7 Å². The number of hydrogen-bond acceptors (Lipinski definition) is 3. The topological polar surface area (TPSA) is 38.5 Å². The van der Waals surface area contributed by atoms with Crippen molar-refractivity contribution in [1.82, 2.24) is 4.90 Å². The molecule has 0 aromatic heterocycles. The second-order valence-corrected chi connectivity index (χ2v) is 6.69. The molecule has 0 saturated heterocycles. The van der Waals surface area contributed by atoms with Gasteiger partial charge in [0.15, 0.2) is 0 Å². The highest BCUT2D eigenvalue weighted by molar-refractivity contribution is 4.95. The third kappa shape index (κ3) is 5.01. The molecule has 0 aromatic rings. The predicted molar refractivity (Wildman–Crippen MR) is 87.0 cm³/mol. The maximum atomic E-state index is 6.21. The fraction of sp³-hybridized carbons (Fsp3) is 1.00. The summed E-state index contributed by atoms with van der Waals surface area (Å²) in [4.78, 5) is 2.63. The predicted octanol–water partition coefficient (Wildman–Crippen LogP) is 3.42. The van der Waals surface area contributed by atoms with E-state index in [4.69, 9.17) is 10.5 Å². The van der Waals surface area contributed by atoms with Crippen molar-refractivity contribution >= 4 is 0 Å². The van der Waals surface area contributed by atoms with Gasteiger partial charge < -0.3 is 10.5 Å². The van der Waals surface area contributed by atoms with Gasteiger partial charge in [-0.05, 0) is 58.4 Å². The summed E-state index contributed by atoms with van der Waals surface area (Å²) in [7, 11) is 0. The monoisotopic (exact) mass is 284 g/mol. The molecule has 1 aliphatic rings. The van der Waals surface area contributed by atoms with Crippen molar-refractivity contribution < 1.29 is 4.74 Å². The van der Waals surface area contributed by atoms with E-state index in [0.717, 1.165) is 32.2 Å². The van der Waals surface area contributed by atoms with E-state index in [1.54, 1.807) is 0 Å². The number of hydrogen-bond donors (Lipinski definition) is 1. The maximum Gasteiger partial charge on any atom is 0.0597 e. The van der Waals surface area contributed by atoms with Gasteiger partial charge in [0, 0.05) is 18.6 Å². The molecule has 1 aliphatic carbocycles. The van der Waals surface area contributed by atoms with Crippen LogP contribution in [0, 0.1) is 5.92 Å². The summed E-state index contributed by atoms with van der Waals surface area (Å²) in [5.74, 6) is 0.921. The van der Waals surface area contributed by atoms with E-state index >= 15 is 0 Å². The summed E-state index contributed by atoms with van der Waals surface area (Å²) in [5.41, 5.74) is 6.44. The van der Waals surface area contributed by atoms with E-state index in [1.165, 1.54) is 38.5 Å². The Hall–Kier alpha value is -0.120. The molecule has 0 unspecified atom stereocenters. The van der Waals surface area contributed by atoms with Crippen molar-refractivity contribution in [2.75, 3.05) is 26.2 Å². The highest BCUT2D eigenvalue weighted by atomic mass is 16.5. The molecule has 0 aliphatic heterocycles. The molecule has 0 spiro atoms. The Morgan fingerprint density at radius 1 is 1.20 bits per heavy atom. The van der Waals surface area contributed by atoms with E-state index in [1.807, 2.05) is 0 Å². The van der Waals surface area contributed by atoms with Gasteiger partial charge >= 0.3 is 0 Å². The second kappa shape index (κ2) is 9.01. The molecule has 0 heterocycles. The van der Waals surface area contributed by atoms with Crippen LogP contribution in [0.25, 0.3) is 0 Å². The van der Waals surface area contributed by atoms with Crippen LogP contribution < -0.4 is 5.73 Å². The Morgan fingerprint density at radius 3 is 2.30 bits per heavy atom. The number of rotatable bonds is 9. The van der Waals surface area contributed by atoms with E-state index in [2.05, 4.69) is 32.6 Å². The zero-order chi connectivity index (χ0) is 15.0. The van der Waals surface area contributed by atoms with E-state index < -0.39 is 0 Å². The fourth-order valence-electron chi connectivity index (χ4n) is 3.53. The van der Waals surface area contributed by atoms with Gasteiger partial charge in [0.05, 0.1) is 12.7 Å². The van der Waals surface area contributed by atoms with Crippen LogP contribution in [0.4, 0.5) is 0 Å². The van der Waals surface area contributed by atoms with E-state index in [-0.39, 0.29) is 5.54 Å². The molecule has 0 aromatic carbocycles. The van der Waals surface area contributed by atoms with Crippen LogP contribution in [-0.2, 0) is 4.74 Å². The summed E-state index contributed by atoms with van der Waals surface area (Å²) in [6.45, 7) is 12.6. The lowest BCUT2D eigenvalue weighted by molar-refractivity contribution is 0.000339. The first-order valence-corrected chi connectivity index (χ1v) is 8.64. The molecule has 0 radical (unpaired) electrons. The average molecular weight is 284 g/mol. The summed E-state index contributed by atoms with van der Waals surface area (Å²) in [6, 6.07) is 0. The molecule has 120 valence electrons. The lowest BCUT2D eigenvalue weighted by atomic mass is 9.74. The zero-order valence-corrected chi connectivity index (χ0v) is 14.2. The second-order valence-electron chi connectivity index (χ2n) is 6.69. The lowest BCUT2D eigenvalue weighted by Crippen LogP contribution is -2.56. The van der Waals surface area contributed by atoms with Crippen LogP contribution in [-0.4, -0.2) is 42.8 Å². The standard InChI is InChI=1S/C17H36N2O/c1-5-11-19(12-13-20-15(3)4)17(14-18)9-7-16(6-2)8-10-17/h15-16H,5-14,18H2,1-4H3. The van der Waals surface area contributed by atoms with Crippen molar-refractivity contribution in [1.29, 1.82) is 0 Å². The quantitative estimate of drug-likeness (QED) is 0.705. The van der Waals surface area contributed by atoms with Gasteiger partial charge in [-0.25, -0.2) is 0 Å². The average Bonchev–Trinajstić information content (AvgIpc) is 2.46. The molecule has 0 atom stereocenters. The third-order valence-corrected chi connectivity index (χ3v) is 4.97. The summed E-state index contributed by atoms with van der Waals surface area (Å²) < 4.78 is 5.76. The Balaban J connectivity index is 2.60. The molecule has 0 amide bonds. The summed E-state index contributed by atoms with van der Waals surface area (Å²) in [5, 5.41) is 0. The Bertz CT molecular complexity index is 247. The number of ether oxygens (including phenoxy) is 1. The van der Waals surface area contributed by atoms with Gasteiger partial charge in [-0.3, -0.25) is 4.90 Å². The molecule has 0 bridgehead atoms. The van der Waals surface area contributed by atoms with Gasteiger partial charge in [0.25, 0.3) is 0 Å². The van der Waals surface area contributed by atoms with Gasteiger partial charge in [-0.15, -0.1) is 0 Å². The molecule has 3 heteroatoms. The SMILES string of the molecule is CCCN(CCOC(C)C)C1(CN)CCC(CC)CC1. The molecule has 2 N–H and O–H groups in total. The van der Waals surface area contributed by atoms with Crippen LogP contribution in [0.15, 0.2) is 0 Å². The fourth-order valence-corrected chi connectivity index (χ4v) is 3.53. The first-order chi connectivity index (χ1) is 9.57. The smallest absolute Gasteiger partial charge is 0.0597 e. The van der Waals surface area contributed by atoms with Gasteiger partial charge in [0.2, 0.25) is 0 Å². The van der Waals surface area contributed by atoms with E-state index in [0.29, 0.717) is 6.10 Å². The molecular weight excluding hydrogens is 248 g/mol. The van der Waals surface area contributed by atoms with Crippen molar-refractivity contribution in [3.05, 3.63) is 0 Å². The first-order valence-electron chi connectivity index (χ1n) is 8.64. The van der Waals surface area contributed by atoms with Crippen LogP contribution in [0.2, 0.25) is 0 Å². The van der Waals surface area contributed by atoms with Crippen molar-refractivity contribution in [3.63, 3.8) is 0 Å². The molecule has 1 fully saturated rings. The number of nitrogens with two attached hydrogens (primary N) is 1. The van der Waals surface area contributed by atoms with Crippen LogP contribution in [0.3, 0.4) is 0 Å². The molecular formula is C17H36N2O. The minimum absolute atomic E-state index is 0.238. The summed E-state index contributed by atoms with van der Waals surface area (Å²) >= 11 is 0. The van der Waals surface area contributed by atoms with E-state index in [9.17, 15) is 0 Å². The normalized spacial score (nSPS) is 27.4. The number of nitrogens with zero attached hydrogens (tertiary/aromatic N) is 1. The Labute approximate surface area is 126 Å². The Kier molecular flexibility index (Phi) is 8.08. The lowest BCUT2D eigenvalue weighted by Gasteiger charge is -2.47. The zero-order valence-electron chi connectivity index (χ0n) is 14.2. The highest BCUT2D eigenvalue weighted by Gasteiger charge is 2.38. The third-order valence-electron chi connectivity index (χ3n) is 4.97. The van der Waals surface area contributed by atoms with Crippen LogP contribution in [0.1, 0.15) is 66.2 Å². The minimum Gasteiger partial charge on any atom is -0.377 e. The minimum atomic E-state index is 0.238. The van der Waals surface area contributed by atoms with Crippen LogP contribution >= 0.6 is 0 Å². The first kappa shape index (κ1) is 17.9. The van der Waals surface area contributed by atoms with Crippen molar-refractivity contribution in [2.45, 2.75) is 77.9 Å². The van der Waals surface area contributed by atoms with Crippen LogP contribution in [0.5, 0.6) is 0 Å². The Morgan fingerprint density at radius 2 is 1.85 bits per heavy atom. The molecule has 3 nitrogen and oxygen atoms in total. The molecule has 1 saturated carbocycles. The highest BCUT2D eigenvalue weighted by Crippen LogP contribution is 2.37. The van der Waals surface area contributed by atoms with Gasteiger partial charge in [0.1, 0.15) is 0 Å². The maximum absolute atomic E-state index is 6.21. The molecule has 20 heavy (non-hydrogen) atoms. The molecule has 1 rings (SSSR count). The van der Waals surface area contributed by atoms with Crippen molar-refractivity contribution in [3.8, 4) is 0 Å².